The smallest absolute Gasteiger partial charge is 0.0544 e. The highest BCUT2D eigenvalue weighted by atomic mass is 15.1. The largest absolute Gasteiger partial charge is 0.371 e. The van der Waals surface area contributed by atoms with E-state index in [0.717, 1.165) is 37.7 Å². The van der Waals surface area contributed by atoms with Gasteiger partial charge < -0.3 is 10.2 Å². The summed E-state index contributed by atoms with van der Waals surface area (Å²) in [4.78, 5) is 9.58. The highest BCUT2D eigenvalue weighted by Gasteiger charge is 2.25. The van der Waals surface area contributed by atoms with Crippen LogP contribution in [0.25, 0.3) is 0 Å². The maximum atomic E-state index is 4.56. The Balaban J connectivity index is 1.41. The van der Waals surface area contributed by atoms with Crippen molar-refractivity contribution in [2.45, 2.75) is 52.2 Å². The normalized spacial score (nSPS) is 20.4. The molecule has 4 heteroatoms. The summed E-state index contributed by atoms with van der Waals surface area (Å²) in [6.45, 7) is 9.80. The van der Waals surface area contributed by atoms with Crippen LogP contribution in [0.3, 0.4) is 0 Å². The van der Waals surface area contributed by atoms with E-state index in [4.69, 9.17) is 0 Å². The van der Waals surface area contributed by atoms with Crippen LogP contribution >= 0.6 is 0 Å². The van der Waals surface area contributed by atoms with Gasteiger partial charge in [0.25, 0.3) is 0 Å². The van der Waals surface area contributed by atoms with Gasteiger partial charge in [-0.1, -0.05) is 25.1 Å². The molecule has 0 aliphatic carbocycles. The van der Waals surface area contributed by atoms with E-state index in [1.807, 2.05) is 6.20 Å². The third kappa shape index (κ3) is 4.56. The molecule has 0 amide bonds. The Morgan fingerprint density at radius 2 is 2.00 bits per heavy atom. The molecule has 2 aromatic rings. The van der Waals surface area contributed by atoms with Gasteiger partial charge in [-0.05, 0) is 68.0 Å². The van der Waals surface area contributed by atoms with Crippen LogP contribution in [-0.2, 0) is 19.5 Å². The Labute approximate surface area is 170 Å². The summed E-state index contributed by atoms with van der Waals surface area (Å²) >= 11 is 0. The first-order chi connectivity index (χ1) is 13.6. The van der Waals surface area contributed by atoms with E-state index in [9.17, 15) is 0 Å². The molecule has 1 aromatic carbocycles. The third-order valence-corrected chi connectivity index (χ3v) is 6.34. The zero-order chi connectivity index (χ0) is 19.5. The Kier molecular flexibility index (Phi) is 5.98. The number of hydrogen-bond acceptors (Lipinski definition) is 4. The molecule has 4 nitrogen and oxygen atoms in total. The lowest BCUT2D eigenvalue weighted by atomic mass is 9.91. The number of piperidine rings is 1. The second kappa shape index (κ2) is 8.62. The van der Waals surface area contributed by atoms with Gasteiger partial charge in [0.05, 0.1) is 5.69 Å². The molecule has 0 spiro atoms. The van der Waals surface area contributed by atoms with Crippen LogP contribution in [-0.4, -0.2) is 42.6 Å². The lowest BCUT2D eigenvalue weighted by molar-refractivity contribution is 0.271. The molecule has 0 bridgehead atoms. The van der Waals surface area contributed by atoms with E-state index in [2.05, 4.69) is 71.3 Å². The van der Waals surface area contributed by atoms with E-state index in [1.54, 1.807) is 5.56 Å². The summed E-state index contributed by atoms with van der Waals surface area (Å²) < 4.78 is 0. The van der Waals surface area contributed by atoms with Crippen LogP contribution in [0.5, 0.6) is 0 Å². The third-order valence-electron chi connectivity index (χ3n) is 6.34. The minimum absolute atomic E-state index is 0.493. The van der Waals surface area contributed by atoms with Crippen LogP contribution in [0.15, 0.2) is 36.5 Å². The number of anilines is 1. The summed E-state index contributed by atoms with van der Waals surface area (Å²) in [7, 11) is 2.21. The van der Waals surface area contributed by atoms with Crippen LogP contribution in [0.2, 0.25) is 0 Å². The zero-order valence-corrected chi connectivity index (χ0v) is 17.6. The summed E-state index contributed by atoms with van der Waals surface area (Å²) in [5.74, 6) is 0.870. The molecule has 4 rings (SSSR count). The fraction of sp³-hybridized carbons (Fsp3) is 0.542. The van der Waals surface area contributed by atoms with Crippen molar-refractivity contribution in [3.05, 3.63) is 58.9 Å². The average molecular weight is 379 g/mol. The number of rotatable bonds is 5. The Morgan fingerprint density at radius 3 is 2.75 bits per heavy atom. The van der Waals surface area contributed by atoms with Crippen LogP contribution < -0.4 is 10.2 Å². The molecule has 2 aliphatic heterocycles. The van der Waals surface area contributed by atoms with Crippen molar-refractivity contribution in [3.8, 4) is 0 Å². The van der Waals surface area contributed by atoms with Crippen LogP contribution in [0, 0.1) is 12.8 Å². The molecule has 1 aromatic heterocycles. The number of likely N-dealkylation sites (N-methyl/N-ethyl adjacent to an activating group) is 1. The molecule has 0 radical (unpaired) electrons. The number of fused-ring (bicyclic) bond motifs is 1. The average Bonchev–Trinajstić information content (AvgIpc) is 2.70. The molecule has 3 heterocycles. The van der Waals surface area contributed by atoms with E-state index in [0.29, 0.717) is 6.04 Å². The highest BCUT2D eigenvalue weighted by molar-refractivity contribution is 5.58. The lowest BCUT2D eigenvalue weighted by Gasteiger charge is -2.37. The molecular weight excluding hydrogens is 344 g/mol. The van der Waals surface area contributed by atoms with Crippen LogP contribution in [0.4, 0.5) is 5.69 Å². The number of nitrogens with zero attached hydrogens (tertiary/aromatic N) is 3. The van der Waals surface area contributed by atoms with Gasteiger partial charge in [-0.2, -0.15) is 0 Å². The number of hydrogen-bond donors (Lipinski definition) is 1. The van der Waals surface area contributed by atoms with E-state index in [1.165, 1.54) is 42.7 Å². The van der Waals surface area contributed by atoms with Gasteiger partial charge in [0, 0.05) is 50.6 Å². The Hall–Kier alpha value is -1.91. The van der Waals surface area contributed by atoms with Crippen molar-refractivity contribution >= 4 is 5.69 Å². The monoisotopic (exact) mass is 378 g/mol. The molecule has 0 saturated carbocycles. The van der Waals surface area contributed by atoms with Crippen molar-refractivity contribution in [2.75, 3.05) is 31.6 Å². The fourth-order valence-electron chi connectivity index (χ4n) is 4.58. The number of benzene rings is 1. The molecule has 28 heavy (non-hydrogen) atoms. The summed E-state index contributed by atoms with van der Waals surface area (Å²) in [6, 6.07) is 11.7. The first kappa shape index (κ1) is 19.4. The van der Waals surface area contributed by atoms with Crippen molar-refractivity contribution in [1.82, 2.24) is 15.2 Å². The summed E-state index contributed by atoms with van der Waals surface area (Å²) in [5, 5.41) is 3.76. The number of aromatic nitrogens is 1. The Morgan fingerprint density at radius 1 is 1.18 bits per heavy atom. The van der Waals surface area contributed by atoms with Gasteiger partial charge in [-0.15, -0.1) is 0 Å². The fourth-order valence-corrected chi connectivity index (χ4v) is 4.58. The molecule has 150 valence electrons. The molecule has 1 N–H and O–H groups in total. The van der Waals surface area contributed by atoms with E-state index in [-0.39, 0.29) is 0 Å². The number of pyridine rings is 1. The first-order valence-corrected chi connectivity index (χ1v) is 10.8. The maximum Gasteiger partial charge on any atom is 0.0544 e. The van der Waals surface area contributed by atoms with Gasteiger partial charge in [0.2, 0.25) is 0 Å². The van der Waals surface area contributed by atoms with Gasteiger partial charge >= 0.3 is 0 Å². The lowest BCUT2D eigenvalue weighted by Crippen LogP contribution is -2.44. The molecular formula is C24H34N4. The molecule has 1 atom stereocenters. The first-order valence-electron chi connectivity index (χ1n) is 10.8. The predicted molar refractivity (Wildman–Crippen MR) is 117 cm³/mol. The Bertz CT molecular complexity index is 778. The van der Waals surface area contributed by atoms with E-state index >= 15 is 0 Å². The minimum atomic E-state index is 0.493. The summed E-state index contributed by atoms with van der Waals surface area (Å²) in [6.07, 6.45) is 5.71. The SMILES string of the molecule is Cc1ccc(CN(C)C[C@H]2Cc3c(cccc3N3CCC(C)CC3)CN2)nc1. The second-order valence-corrected chi connectivity index (χ2v) is 8.89. The topological polar surface area (TPSA) is 31.4 Å². The van der Waals surface area contributed by atoms with Crippen molar-refractivity contribution in [2.24, 2.45) is 5.92 Å². The van der Waals surface area contributed by atoms with Gasteiger partial charge in [0.15, 0.2) is 0 Å². The summed E-state index contributed by atoms with van der Waals surface area (Å²) in [5.41, 5.74) is 6.90. The molecule has 2 aliphatic rings. The number of aryl methyl sites for hydroxylation is 1. The second-order valence-electron chi connectivity index (χ2n) is 8.89. The zero-order valence-electron chi connectivity index (χ0n) is 17.6. The predicted octanol–water partition coefficient (Wildman–Crippen LogP) is 3.77. The van der Waals surface area contributed by atoms with Crippen molar-refractivity contribution < 1.29 is 0 Å². The number of nitrogens with one attached hydrogen (secondary N) is 1. The maximum absolute atomic E-state index is 4.56. The molecule has 1 fully saturated rings. The highest BCUT2D eigenvalue weighted by Crippen LogP contribution is 2.31. The quantitative estimate of drug-likeness (QED) is 0.858. The van der Waals surface area contributed by atoms with Gasteiger partial charge in [-0.25, -0.2) is 0 Å². The van der Waals surface area contributed by atoms with Crippen molar-refractivity contribution in [1.29, 1.82) is 0 Å². The van der Waals surface area contributed by atoms with Crippen LogP contribution in [0.1, 0.15) is 42.1 Å². The minimum Gasteiger partial charge on any atom is -0.371 e. The van der Waals surface area contributed by atoms with Gasteiger partial charge in [0.1, 0.15) is 0 Å². The van der Waals surface area contributed by atoms with E-state index < -0.39 is 0 Å². The standard InChI is InChI=1S/C24H34N4/c1-18-9-11-28(12-10-18)24-6-4-5-20-15-26-22(13-23(20)24)17-27(3)16-21-8-7-19(2)14-25-21/h4-8,14,18,22,26H,9-13,15-17H2,1-3H3/t22-/m1/s1. The van der Waals surface area contributed by atoms with Crippen molar-refractivity contribution in [3.63, 3.8) is 0 Å². The molecule has 0 unspecified atom stereocenters. The van der Waals surface area contributed by atoms with Gasteiger partial charge in [-0.3, -0.25) is 9.88 Å². The molecule has 1 saturated heterocycles.